The smallest absolute Gasteiger partial charge is 0.168 e. The minimum atomic E-state index is 0.131. The molecule has 3 nitrogen and oxygen atoms in total. The highest BCUT2D eigenvalue weighted by Crippen LogP contribution is 2.10. The summed E-state index contributed by atoms with van der Waals surface area (Å²) in [6.07, 6.45) is 0.549. The third-order valence-corrected chi connectivity index (χ3v) is 2.04. The van der Waals surface area contributed by atoms with Crippen molar-refractivity contribution < 1.29 is 14.8 Å². The fourth-order valence-corrected chi connectivity index (χ4v) is 1.16. The summed E-state index contributed by atoms with van der Waals surface area (Å²) in [7, 11) is 4.04. The van der Waals surface area contributed by atoms with E-state index < -0.39 is 0 Å². The Morgan fingerprint density at radius 1 is 1.29 bits per heavy atom. The van der Waals surface area contributed by atoms with E-state index in [1.165, 1.54) is 17.0 Å². The van der Waals surface area contributed by atoms with Crippen LogP contribution in [0, 0.1) is 0 Å². The summed E-state index contributed by atoms with van der Waals surface area (Å²) < 4.78 is 0. The minimum Gasteiger partial charge on any atom is -0.508 e. The van der Waals surface area contributed by atoms with Crippen LogP contribution in [0.5, 0.6) is 5.75 Å². The van der Waals surface area contributed by atoms with Crippen LogP contribution >= 0.6 is 0 Å². The molecule has 0 unspecified atom stereocenters. The monoisotopic (exact) mass is 194 g/mol. The van der Waals surface area contributed by atoms with Gasteiger partial charge < -0.3 is 10.0 Å². The number of rotatable bonds is 4. The van der Waals surface area contributed by atoms with Gasteiger partial charge in [-0.15, -0.1) is 0 Å². The van der Waals surface area contributed by atoms with E-state index in [1.807, 2.05) is 14.1 Å². The van der Waals surface area contributed by atoms with Gasteiger partial charge in [0.15, 0.2) is 5.78 Å². The molecule has 0 spiro atoms. The van der Waals surface area contributed by atoms with Gasteiger partial charge in [0.25, 0.3) is 0 Å². The number of aromatic hydroxyl groups is 1. The molecule has 3 heteroatoms. The van der Waals surface area contributed by atoms with Crippen LogP contribution in [-0.4, -0.2) is 31.5 Å². The van der Waals surface area contributed by atoms with Crippen LogP contribution in [0.2, 0.25) is 0 Å². The lowest BCUT2D eigenvalue weighted by Crippen LogP contribution is -3.05. The van der Waals surface area contributed by atoms with E-state index in [2.05, 4.69) is 0 Å². The molecule has 0 radical (unpaired) electrons. The standard InChI is InChI=1S/C11H15NO2/c1-12(2)8-7-11(14)9-3-5-10(13)6-4-9/h3-6,13H,7-8H2,1-2H3/p+1. The molecule has 76 valence electrons. The van der Waals surface area contributed by atoms with Gasteiger partial charge in [-0.3, -0.25) is 4.79 Å². The van der Waals surface area contributed by atoms with Gasteiger partial charge in [0.05, 0.1) is 27.1 Å². The number of phenolic OH excluding ortho intramolecular Hbond substituents is 1. The van der Waals surface area contributed by atoms with E-state index in [-0.39, 0.29) is 11.5 Å². The van der Waals surface area contributed by atoms with Crippen molar-refractivity contribution in [1.29, 1.82) is 0 Å². The van der Waals surface area contributed by atoms with Gasteiger partial charge in [-0.25, -0.2) is 0 Å². The van der Waals surface area contributed by atoms with Gasteiger partial charge >= 0.3 is 0 Å². The van der Waals surface area contributed by atoms with E-state index in [1.54, 1.807) is 12.1 Å². The number of hydrogen-bond acceptors (Lipinski definition) is 2. The Labute approximate surface area is 84.0 Å². The van der Waals surface area contributed by atoms with Gasteiger partial charge in [-0.05, 0) is 24.3 Å². The highest BCUT2D eigenvalue weighted by molar-refractivity contribution is 5.96. The third-order valence-electron chi connectivity index (χ3n) is 2.04. The highest BCUT2D eigenvalue weighted by Gasteiger charge is 2.07. The molecule has 0 aromatic heterocycles. The van der Waals surface area contributed by atoms with Crippen LogP contribution < -0.4 is 4.90 Å². The average molecular weight is 194 g/mol. The molecule has 1 rings (SSSR count). The molecule has 0 aliphatic rings. The van der Waals surface area contributed by atoms with Crippen LogP contribution in [0.1, 0.15) is 16.8 Å². The summed E-state index contributed by atoms with van der Waals surface area (Å²) in [4.78, 5) is 12.8. The summed E-state index contributed by atoms with van der Waals surface area (Å²) >= 11 is 0. The molecule has 0 heterocycles. The molecule has 0 aliphatic heterocycles. The first-order valence-electron chi connectivity index (χ1n) is 4.71. The number of nitrogens with one attached hydrogen (secondary N) is 1. The molecule has 0 aliphatic carbocycles. The zero-order valence-electron chi connectivity index (χ0n) is 8.58. The Balaban J connectivity index is 2.57. The second kappa shape index (κ2) is 4.77. The highest BCUT2D eigenvalue weighted by atomic mass is 16.3. The maximum atomic E-state index is 11.6. The zero-order valence-corrected chi connectivity index (χ0v) is 8.58. The summed E-state index contributed by atoms with van der Waals surface area (Å²) in [5, 5.41) is 9.04. The molecule has 0 amide bonds. The van der Waals surface area contributed by atoms with Crippen LogP contribution in [0.15, 0.2) is 24.3 Å². The normalized spacial score (nSPS) is 10.5. The van der Waals surface area contributed by atoms with Gasteiger partial charge in [0.2, 0.25) is 0 Å². The van der Waals surface area contributed by atoms with Crippen molar-refractivity contribution in [2.24, 2.45) is 0 Å². The molecule has 0 saturated heterocycles. The Kier molecular flexibility index (Phi) is 3.65. The summed E-state index contributed by atoms with van der Waals surface area (Å²) in [5.74, 6) is 0.325. The molecular formula is C11H16NO2+. The largest absolute Gasteiger partial charge is 0.508 e. The fourth-order valence-electron chi connectivity index (χ4n) is 1.16. The van der Waals surface area contributed by atoms with E-state index >= 15 is 0 Å². The Morgan fingerprint density at radius 3 is 2.36 bits per heavy atom. The summed E-state index contributed by atoms with van der Waals surface area (Å²) in [5.41, 5.74) is 0.670. The first-order valence-corrected chi connectivity index (χ1v) is 4.71. The zero-order chi connectivity index (χ0) is 10.6. The number of hydrogen-bond donors (Lipinski definition) is 2. The van der Waals surface area contributed by atoms with Crippen molar-refractivity contribution >= 4 is 5.78 Å². The molecule has 0 fully saturated rings. The van der Waals surface area contributed by atoms with Gasteiger partial charge in [-0.1, -0.05) is 0 Å². The summed E-state index contributed by atoms with van der Waals surface area (Å²) in [6.45, 7) is 0.833. The molecular weight excluding hydrogens is 178 g/mol. The molecule has 14 heavy (non-hydrogen) atoms. The number of carbonyl (C=O) groups excluding carboxylic acids is 1. The topological polar surface area (TPSA) is 41.7 Å². The number of carbonyl (C=O) groups is 1. The maximum absolute atomic E-state index is 11.6. The number of benzene rings is 1. The number of Topliss-reactive ketones (excluding diaryl/α,β-unsaturated/α-hetero) is 1. The predicted octanol–water partition coefficient (Wildman–Crippen LogP) is 0.109. The van der Waals surface area contributed by atoms with Crippen molar-refractivity contribution in [3.05, 3.63) is 29.8 Å². The van der Waals surface area contributed by atoms with E-state index in [9.17, 15) is 4.79 Å². The quantitative estimate of drug-likeness (QED) is 0.668. The first kappa shape index (κ1) is 10.7. The van der Waals surface area contributed by atoms with E-state index in [0.717, 1.165) is 6.54 Å². The van der Waals surface area contributed by atoms with Crippen LogP contribution in [0.25, 0.3) is 0 Å². The minimum absolute atomic E-state index is 0.131. The second-order valence-corrected chi connectivity index (χ2v) is 3.68. The van der Waals surface area contributed by atoms with Crippen LogP contribution in [0.4, 0.5) is 0 Å². The number of ketones is 1. The lowest BCUT2D eigenvalue weighted by molar-refractivity contribution is -0.857. The van der Waals surface area contributed by atoms with Crippen LogP contribution in [0.3, 0.4) is 0 Å². The lowest BCUT2D eigenvalue weighted by Gasteiger charge is -2.05. The Bertz CT molecular complexity index is 304. The maximum Gasteiger partial charge on any atom is 0.168 e. The van der Waals surface area contributed by atoms with Crippen molar-refractivity contribution in [2.75, 3.05) is 20.6 Å². The van der Waals surface area contributed by atoms with Crippen molar-refractivity contribution in [3.8, 4) is 5.75 Å². The number of phenols is 1. The Morgan fingerprint density at radius 2 is 1.86 bits per heavy atom. The molecule has 1 aromatic carbocycles. The van der Waals surface area contributed by atoms with Crippen molar-refractivity contribution in [2.45, 2.75) is 6.42 Å². The lowest BCUT2D eigenvalue weighted by atomic mass is 10.1. The van der Waals surface area contributed by atoms with Gasteiger partial charge in [0, 0.05) is 5.56 Å². The third kappa shape index (κ3) is 3.18. The molecule has 1 aromatic rings. The Hall–Kier alpha value is -1.35. The van der Waals surface area contributed by atoms with Gasteiger partial charge in [0.1, 0.15) is 5.75 Å². The predicted molar refractivity (Wildman–Crippen MR) is 54.7 cm³/mol. The summed E-state index contributed by atoms with van der Waals surface area (Å²) in [6, 6.07) is 6.39. The molecule has 0 saturated carbocycles. The second-order valence-electron chi connectivity index (χ2n) is 3.68. The van der Waals surface area contributed by atoms with E-state index in [4.69, 9.17) is 5.11 Å². The number of quaternary nitrogens is 1. The first-order chi connectivity index (χ1) is 6.59. The van der Waals surface area contributed by atoms with Crippen molar-refractivity contribution in [1.82, 2.24) is 0 Å². The van der Waals surface area contributed by atoms with Crippen LogP contribution in [-0.2, 0) is 0 Å². The molecule has 2 N–H and O–H groups in total. The van der Waals surface area contributed by atoms with E-state index in [0.29, 0.717) is 12.0 Å². The SMILES string of the molecule is C[NH+](C)CCC(=O)c1ccc(O)cc1. The van der Waals surface area contributed by atoms with Crippen molar-refractivity contribution in [3.63, 3.8) is 0 Å². The fraction of sp³-hybridized carbons (Fsp3) is 0.364. The molecule has 0 bridgehead atoms. The average Bonchev–Trinajstić information content (AvgIpc) is 2.15. The van der Waals surface area contributed by atoms with Gasteiger partial charge in [-0.2, -0.15) is 0 Å². The molecule has 0 atom stereocenters.